The molecule has 0 unspecified atom stereocenters. The molecule has 0 fully saturated rings. The lowest BCUT2D eigenvalue weighted by Crippen LogP contribution is -2.39. The molecule has 3 aromatic rings. The molecule has 9 nitrogen and oxygen atoms in total. The Morgan fingerprint density at radius 2 is 1.58 bits per heavy atom. The second kappa shape index (κ2) is 12.1. The number of methoxy groups -OCH3 is 2. The van der Waals surface area contributed by atoms with Gasteiger partial charge in [-0.2, -0.15) is 5.10 Å². The summed E-state index contributed by atoms with van der Waals surface area (Å²) < 4.78 is 44.1. The zero-order valence-corrected chi connectivity index (χ0v) is 21.4. The molecule has 10 heteroatoms. The number of anilines is 1. The van der Waals surface area contributed by atoms with Crippen molar-refractivity contribution in [2.24, 2.45) is 5.10 Å². The topological polar surface area (TPSA) is 107 Å². The zero-order valence-electron chi connectivity index (χ0n) is 20.5. The molecule has 0 saturated heterocycles. The fourth-order valence-electron chi connectivity index (χ4n) is 3.26. The van der Waals surface area contributed by atoms with Gasteiger partial charge in [0.05, 0.1) is 37.1 Å². The van der Waals surface area contributed by atoms with E-state index < -0.39 is 22.5 Å². The average molecular weight is 512 g/mol. The minimum Gasteiger partial charge on any atom is -0.497 e. The van der Waals surface area contributed by atoms with E-state index in [1.165, 1.54) is 44.7 Å². The summed E-state index contributed by atoms with van der Waals surface area (Å²) in [6.07, 6.45) is 1.52. The van der Waals surface area contributed by atoms with Crippen molar-refractivity contribution in [3.8, 4) is 17.2 Å². The standard InChI is InChI=1S/C26H29N3O6S/c1-19(2)35-22-11-9-20(10-12-22)17-27-28-26(30)18-29(24-7-5-6-8-25(24)34-4)36(31,32)23-15-13-21(33-3)14-16-23/h5-17,19H,18H2,1-4H3,(H,28,30)/b27-17-. The molecule has 0 bridgehead atoms. The van der Waals surface area contributed by atoms with E-state index in [0.717, 1.165) is 15.6 Å². The molecule has 0 heterocycles. The highest BCUT2D eigenvalue weighted by atomic mass is 32.2. The second-order valence-electron chi connectivity index (χ2n) is 7.89. The number of para-hydroxylation sites is 2. The zero-order chi connectivity index (χ0) is 26.1. The number of amides is 1. The van der Waals surface area contributed by atoms with E-state index >= 15 is 0 Å². The van der Waals surface area contributed by atoms with Crippen LogP contribution in [0.5, 0.6) is 17.2 Å². The van der Waals surface area contributed by atoms with Gasteiger partial charge in [0.25, 0.3) is 15.9 Å². The number of hydrogen-bond donors (Lipinski definition) is 1. The fraction of sp³-hybridized carbons (Fsp3) is 0.231. The summed E-state index contributed by atoms with van der Waals surface area (Å²) in [5.41, 5.74) is 3.34. The molecule has 0 atom stereocenters. The van der Waals surface area contributed by atoms with Crippen molar-refractivity contribution in [1.82, 2.24) is 5.43 Å². The largest absolute Gasteiger partial charge is 0.497 e. The van der Waals surface area contributed by atoms with Crippen LogP contribution < -0.4 is 23.9 Å². The van der Waals surface area contributed by atoms with Crippen LogP contribution in [-0.4, -0.2) is 47.4 Å². The Kier molecular flexibility index (Phi) is 8.91. The van der Waals surface area contributed by atoms with Gasteiger partial charge >= 0.3 is 0 Å². The van der Waals surface area contributed by atoms with Crippen molar-refractivity contribution in [2.45, 2.75) is 24.8 Å². The normalized spacial score (nSPS) is 11.4. The summed E-state index contributed by atoms with van der Waals surface area (Å²) in [5, 5.41) is 3.96. The van der Waals surface area contributed by atoms with Crippen LogP contribution in [0, 0.1) is 0 Å². The number of rotatable bonds is 11. The number of benzene rings is 3. The third kappa shape index (κ3) is 6.76. The van der Waals surface area contributed by atoms with Gasteiger partial charge in [-0.1, -0.05) is 12.1 Å². The van der Waals surface area contributed by atoms with Crippen LogP contribution in [0.25, 0.3) is 0 Å². The predicted molar refractivity (Wildman–Crippen MR) is 138 cm³/mol. The number of carbonyl (C=O) groups excluding carboxylic acids is 1. The maximum absolute atomic E-state index is 13.5. The Labute approximate surface area is 211 Å². The number of carbonyl (C=O) groups is 1. The van der Waals surface area contributed by atoms with Crippen molar-refractivity contribution in [3.63, 3.8) is 0 Å². The third-order valence-electron chi connectivity index (χ3n) is 4.94. The van der Waals surface area contributed by atoms with Gasteiger partial charge in [0, 0.05) is 0 Å². The lowest BCUT2D eigenvalue weighted by Gasteiger charge is -2.25. The fourth-order valence-corrected chi connectivity index (χ4v) is 4.69. The molecule has 0 spiro atoms. The number of sulfonamides is 1. The van der Waals surface area contributed by atoms with Crippen molar-refractivity contribution in [3.05, 3.63) is 78.4 Å². The molecule has 1 amide bonds. The number of hydrazone groups is 1. The molecule has 0 saturated carbocycles. The van der Waals surface area contributed by atoms with E-state index in [1.807, 2.05) is 13.8 Å². The summed E-state index contributed by atoms with van der Waals surface area (Å²) in [6, 6.07) is 19.7. The summed E-state index contributed by atoms with van der Waals surface area (Å²) in [5.74, 6) is 0.902. The molecule has 0 aliphatic carbocycles. The maximum atomic E-state index is 13.5. The molecular weight excluding hydrogens is 482 g/mol. The molecular formula is C26H29N3O6S. The SMILES string of the molecule is COc1ccc(S(=O)(=O)N(CC(=O)N/N=C\c2ccc(OC(C)C)cc2)c2ccccc2OC)cc1. The molecule has 0 radical (unpaired) electrons. The first-order chi connectivity index (χ1) is 17.2. The summed E-state index contributed by atoms with van der Waals surface area (Å²) in [7, 11) is -1.21. The highest BCUT2D eigenvalue weighted by Gasteiger charge is 2.29. The summed E-state index contributed by atoms with van der Waals surface area (Å²) in [6.45, 7) is 3.36. The minimum absolute atomic E-state index is 0.00536. The van der Waals surface area contributed by atoms with Gasteiger partial charge in [0.2, 0.25) is 0 Å². The Hall–Kier alpha value is -4.05. The van der Waals surface area contributed by atoms with Crippen molar-refractivity contribution >= 4 is 27.8 Å². The quantitative estimate of drug-likeness (QED) is 0.310. The Morgan fingerprint density at radius 3 is 2.19 bits per heavy atom. The van der Waals surface area contributed by atoms with Crippen LogP contribution in [0.15, 0.2) is 82.8 Å². The van der Waals surface area contributed by atoms with Gasteiger partial charge in [0.1, 0.15) is 23.8 Å². The van der Waals surface area contributed by atoms with Gasteiger partial charge in [-0.25, -0.2) is 13.8 Å². The first-order valence-electron chi connectivity index (χ1n) is 11.1. The van der Waals surface area contributed by atoms with Gasteiger partial charge in [-0.15, -0.1) is 0 Å². The number of hydrogen-bond acceptors (Lipinski definition) is 7. The second-order valence-corrected chi connectivity index (χ2v) is 9.75. The third-order valence-corrected chi connectivity index (χ3v) is 6.72. The number of nitrogens with zero attached hydrogens (tertiary/aromatic N) is 2. The van der Waals surface area contributed by atoms with Crippen LogP contribution in [0.2, 0.25) is 0 Å². The Morgan fingerprint density at radius 1 is 0.944 bits per heavy atom. The van der Waals surface area contributed by atoms with E-state index in [1.54, 1.807) is 48.5 Å². The first kappa shape index (κ1) is 26.6. The maximum Gasteiger partial charge on any atom is 0.264 e. The molecule has 3 aromatic carbocycles. The molecule has 0 aliphatic rings. The van der Waals surface area contributed by atoms with E-state index in [9.17, 15) is 13.2 Å². The molecule has 1 N–H and O–H groups in total. The van der Waals surface area contributed by atoms with Crippen molar-refractivity contribution < 1.29 is 27.4 Å². The lowest BCUT2D eigenvalue weighted by atomic mass is 10.2. The Bertz CT molecular complexity index is 1290. The monoisotopic (exact) mass is 511 g/mol. The molecule has 0 aliphatic heterocycles. The summed E-state index contributed by atoms with van der Waals surface area (Å²) in [4.78, 5) is 12.8. The molecule has 0 aromatic heterocycles. The molecule has 36 heavy (non-hydrogen) atoms. The summed E-state index contributed by atoms with van der Waals surface area (Å²) >= 11 is 0. The van der Waals surface area contributed by atoms with E-state index in [4.69, 9.17) is 14.2 Å². The van der Waals surface area contributed by atoms with Gasteiger partial charge < -0.3 is 14.2 Å². The van der Waals surface area contributed by atoms with Gasteiger partial charge in [-0.3, -0.25) is 9.10 Å². The van der Waals surface area contributed by atoms with Crippen LogP contribution >= 0.6 is 0 Å². The van der Waals surface area contributed by atoms with E-state index in [0.29, 0.717) is 11.5 Å². The highest BCUT2D eigenvalue weighted by molar-refractivity contribution is 7.92. The average Bonchev–Trinajstić information content (AvgIpc) is 2.88. The predicted octanol–water partition coefficient (Wildman–Crippen LogP) is 3.84. The van der Waals surface area contributed by atoms with E-state index in [-0.39, 0.29) is 16.7 Å². The minimum atomic E-state index is -4.13. The van der Waals surface area contributed by atoms with E-state index in [2.05, 4.69) is 10.5 Å². The van der Waals surface area contributed by atoms with Crippen LogP contribution in [0.4, 0.5) is 5.69 Å². The van der Waals surface area contributed by atoms with Gasteiger partial charge in [-0.05, 0) is 80.1 Å². The van der Waals surface area contributed by atoms with Crippen LogP contribution in [-0.2, 0) is 14.8 Å². The van der Waals surface area contributed by atoms with Crippen molar-refractivity contribution in [1.29, 1.82) is 0 Å². The lowest BCUT2D eigenvalue weighted by molar-refractivity contribution is -0.119. The molecule has 190 valence electrons. The first-order valence-corrected chi connectivity index (χ1v) is 12.6. The van der Waals surface area contributed by atoms with Crippen LogP contribution in [0.3, 0.4) is 0 Å². The van der Waals surface area contributed by atoms with Crippen LogP contribution in [0.1, 0.15) is 19.4 Å². The number of ether oxygens (including phenoxy) is 3. The molecule has 3 rings (SSSR count). The Balaban J connectivity index is 1.81. The van der Waals surface area contributed by atoms with Gasteiger partial charge in [0.15, 0.2) is 0 Å². The number of nitrogens with one attached hydrogen (secondary N) is 1. The van der Waals surface area contributed by atoms with Crippen molar-refractivity contribution in [2.75, 3.05) is 25.1 Å². The smallest absolute Gasteiger partial charge is 0.264 e. The highest BCUT2D eigenvalue weighted by Crippen LogP contribution is 2.32.